The molecule has 2 N–H and O–H groups in total. The second kappa shape index (κ2) is 5.25. The quantitative estimate of drug-likeness (QED) is 0.866. The molecule has 3 rings (SSSR count). The molecular weight excluding hydrogens is 252 g/mol. The van der Waals surface area contributed by atoms with Gasteiger partial charge in [-0.1, -0.05) is 0 Å². The van der Waals surface area contributed by atoms with E-state index in [1.54, 1.807) is 6.20 Å². The Kier molecular flexibility index (Phi) is 3.44. The van der Waals surface area contributed by atoms with E-state index < -0.39 is 0 Å². The van der Waals surface area contributed by atoms with Crippen molar-refractivity contribution in [1.82, 2.24) is 20.2 Å². The molecule has 1 aliphatic heterocycles. The van der Waals surface area contributed by atoms with Crippen LogP contribution in [-0.4, -0.2) is 45.9 Å². The minimum atomic E-state index is 0.190. The molecule has 0 saturated carbocycles. The third kappa shape index (κ3) is 2.29. The fraction of sp³-hybridized carbons (Fsp3) is 0.467. The van der Waals surface area contributed by atoms with Crippen molar-refractivity contribution in [3.05, 3.63) is 30.1 Å². The van der Waals surface area contributed by atoms with Gasteiger partial charge in [0.1, 0.15) is 5.65 Å². The molecule has 0 aliphatic carbocycles. The number of hydrogen-bond donors (Lipinski definition) is 2. The number of aromatic nitrogens is 2. The summed E-state index contributed by atoms with van der Waals surface area (Å²) in [5.41, 5.74) is 1.87. The van der Waals surface area contributed by atoms with Crippen LogP contribution in [0.15, 0.2) is 24.5 Å². The van der Waals surface area contributed by atoms with Crippen LogP contribution in [0.25, 0.3) is 11.0 Å². The maximum Gasteiger partial charge on any atom is 0.227 e. The Labute approximate surface area is 118 Å². The molecule has 2 aromatic heterocycles. The van der Waals surface area contributed by atoms with E-state index in [2.05, 4.69) is 29.1 Å². The molecule has 2 aromatic rings. The van der Waals surface area contributed by atoms with Crippen LogP contribution >= 0.6 is 0 Å². The van der Waals surface area contributed by atoms with Crippen LogP contribution in [-0.2, 0) is 11.2 Å². The highest BCUT2D eigenvalue weighted by atomic mass is 16.2. The maximum atomic E-state index is 12.5. The van der Waals surface area contributed by atoms with Crippen LogP contribution in [0.1, 0.15) is 19.4 Å². The lowest BCUT2D eigenvalue weighted by Gasteiger charge is -2.38. The van der Waals surface area contributed by atoms with E-state index in [0.717, 1.165) is 29.7 Å². The molecule has 0 spiro atoms. The first kappa shape index (κ1) is 13.1. The molecule has 0 radical (unpaired) electrons. The molecule has 3 heterocycles. The maximum absolute atomic E-state index is 12.5. The normalized spacial score (nSPS) is 23.2. The number of pyridine rings is 1. The lowest BCUT2D eigenvalue weighted by molar-refractivity contribution is -0.134. The first-order valence-corrected chi connectivity index (χ1v) is 7.10. The number of aromatic amines is 1. The topological polar surface area (TPSA) is 61.0 Å². The average molecular weight is 272 g/mol. The number of amides is 1. The van der Waals surface area contributed by atoms with Gasteiger partial charge in [0, 0.05) is 43.0 Å². The zero-order chi connectivity index (χ0) is 14.1. The summed E-state index contributed by atoms with van der Waals surface area (Å²) in [5.74, 6) is 0.190. The SMILES string of the molecule is CC1NCCN(C(=O)Cc2c[nH]c3ncccc23)C1C. The predicted molar refractivity (Wildman–Crippen MR) is 78.4 cm³/mol. The second-order valence-electron chi connectivity index (χ2n) is 5.46. The van der Waals surface area contributed by atoms with E-state index in [9.17, 15) is 4.79 Å². The van der Waals surface area contributed by atoms with Crippen molar-refractivity contribution in [2.75, 3.05) is 13.1 Å². The van der Waals surface area contributed by atoms with Crippen LogP contribution in [0.2, 0.25) is 0 Å². The first-order chi connectivity index (χ1) is 9.66. The van der Waals surface area contributed by atoms with Crippen molar-refractivity contribution >= 4 is 16.9 Å². The van der Waals surface area contributed by atoms with E-state index in [1.807, 2.05) is 23.2 Å². The van der Waals surface area contributed by atoms with Crippen molar-refractivity contribution in [2.24, 2.45) is 0 Å². The van der Waals surface area contributed by atoms with Crippen LogP contribution in [0.3, 0.4) is 0 Å². The van der Waals surface area contributed by atoms with Crippen molar-refractivity contribution in [3.63, 3.8) is 0 Å². The van der Waals surface area contributed by atoms with Crippen molar-refractivity contribution in [3.8, 4) is 0 Å². The molecule has 0 aromatic carbocycles. The van der Waals surface area contributed by atoms with Crippen LogP contribution < -0.4 is 5.32 Å². The first-order valence-electron chi connectivity index (χ1n) is 7.10. The van der Waals surface area contributed by atoms with Crippen molar-refractivity contribution in [2.45, 2.75) is 32.4 Å². The number of carbonyl (C=O) groups excluding carboxylic acids is 1. The minimum absolute atomic E-state index is 0.190. The summed E-state index contributed by atoms with van der Waals surface area (Å²) < 4.78 is 0. The molecule has 2 atom stereocenters. The molecule has 5 nitrogen and oxygen atoms in total. The molecule has 106 valence electrons. The van der Waals surface area contributed by atoms with Gasteiger partial charge in [-0.2, -0.15) is 0 Å². The highest BCUT2D eigenvalue weighted by molar-refractivity contribution is 5.87. The third-order valence-electron chi connectivity index (χ3n) is 4.23. The van der Waals surface area contributed by atoms with Crippen LogP contribution in [0.4, 0.5) is 0 Å². The Morgan fingerprint density at radius 3 is 3.20 bits per heavy atom. The van der Waals surface area contributed by atoms with Gasteiger partial charge in [-0.05, 0) is 31.5 Å². The number of piperazine rings is 1. The summed E-state index contributed by atoms with van der Waals surface area (Å²) >= 11 is 0. The zero-order valence-electron chi connectivity index (χ0n) is 11.9. The number of rotatable bonds is 2. The van der Waals surface area contributed by atoms with Crippen molar-refractivity contribution in [1.29, 1.82) is 0 Å². The summed E-state index contributed by atoms with van der Waals surface area (Å²) in [7, 11) is 0. The van der Waals surface area contributed by atoms with Gasteiger partial charge >= 0.3 is 0 Å². The lowest BCUT2D eigenvalue weighted by Crippen LogP contribution is -2.57. The minimum Gasteiger partial charge on any atom is -0.346 e. The number of fused-ring (bicyclic) bond motifs is 1. The third-order valence-corrected chi connectivity index (χ3v) is 4.23. The number of carbonyl (C=O) groups is 1. The number of H-pyrrole nitrogens is 1. The smallest absolute Gasteiger partial charge is 0.227 e. The largest absolute Gasteiger partial charge is 0.346 e. The summed E-state index contributed by atoms with van der Waals surface area (Å²) in [6.07, 6.45) is 4.08. The fourth-order valence-electron chi connectivity index (χ4n) is 2.83. The molecule has 1 aliphatic rings. The van der Waals surface area contributed by atoms with E-state index >= 15 is 0 Å². The molecule has 2 unspecified atom stereocenters. The standard InChI is InChI=1S/C15H20N4O/c1-10-11(2)19(7-6-16-10)14(20)8-12-9-18-15-13(12)4-3-5-17-15/h3-5,9-11,16H,6-8H2,1-2H3,(H,17,18). The summed E-state index contributed by atoms with van der Waals surface area (Å²) in [6, 6.07) is 4.49. The Morgan fingerprint density at radius 2 is 2.35 bits per heavy atom. The molecule has 1 saturated heterocycles. The monoisotopic (exact) mass is 272 g/mol. The van der Waals surface area contributed by atoms with Gasteiger partial charge in [0.25, 0.3) is 0 Å². The van der Waals surface area contributed by atoms with Gasteiger partial charge < -0.3 is 15.2 Å². The van der Waals surface area contributed by atoms with E-state index in [4.69, 9.17) is 0 Å². The highest BCUT2D eigenvalue weighted by Gasteiger charge is 2.28. The molecule has 1 amide bonds. The predicted octanol–water partition coefficient (Wildman–Crippen LogP) is 1.31. The lowest BCUT2D eigenvalue weighted by atomic mass is 10.1. The zero-order valence-corrected chi connectivity index (χ0v) is 11.9. The summed E-state index contributed by atoms with van der Waals surface area (Å²) in [5, 5.41) is 4.43. The molecule has 20 heavy (non-hydrogen) atoms. The van der Waals surface area contributed by atoms with Gasteiger partial charge in [-0.15, -0.1) is 0 Å². The van der Waals surface area contributed by atoms with Gasteiger partial charge in [0.15, 0.2) is 0 Å². The number of hydrogen-bond acceptors (Lipinski definition) is 3. The van der Waals surface area contributed by atoms with Crippen LogP contribution in [0, 0.1) is 0 Å². The summed E-state index contributed by atoms with van der Waals surface area (Å²) in [4.78, 5) is 21.9. The van der Waals surface area contributed by atoms with Gasteiger partial charge in [-0.3, -0.25) is 4.79 Å². The average Bonchev–Trinajstić information content (AvgIpc) is 2.85. The molecule has 5 heteroatoms. The number of nitrogens with zero attached hydrogens (tertiary/aromatic N) is 2. The van der Waals surface area contributed by atoms with E-state index in [-0.39, 0.29) is 11.9 Å². The Balaban J connectivity index is 1.78. The van der Waals surface area contributed by atoms with Gasteiger partial charge in [-0.25, -0.2) is 4.98 Å². The van der Waals surface area contributed by atoms with E-state index in [0.29, 0.717) is 12.5 Å². The fourth-order valence-corrected chi connectivity index (χ4v) is 2.83. The molecular formula is C15H20N4O. The summed E-state index contributed by atoms with van der Waals surface area (Å²) in [6.45, 7) is 5.88. The Hall–Kier alpha value is -1.88. The molecule has 1 fully saturated rings. The number of nitrogens with one attached hydrogen (secondary N) is 2. The van der Waals surface area contributed by atoms with Gasteiger partial charge in [0.05, 0.1) is 6.42 Å². The van der Waals surface area contributed by atoms with Crippen LogP contribution in [0.5, 0.6) is 0 Å². The van der Waals surface area contributed by atoms with Gasteiger partial charge in [0.2, 0.25) is 5.91 Å². The second-order valence-corrected chi connectivity index (χ2v) is 5.46. The van der Waals surface area contributed by atoms with E-state index in [1.165, 1.54) is 0 Å². The molecule has 0 bridgehead atoms. The highest BCUT2D eigenvalue weighted by Crippen LogP contribution is 2.18. The van der Waals surface area contributed by atoms with Crippen molar-refractivity contribution < 1.29 is 4.79 Å². The Bertz CT molecular complexity index is 621. The Morgan fingerprint density at radius 1 is 1.50 bits per heavy atom.